The fourth-order valence-corrected chi connectivity index (χ4v) is 8.41. The molecule has 7 rings (SSSR count). The van der Waals surface area contributed by atoms with Crippen molar-refractivity contribution in [1.82, 2.24) is 5.32 Å². The highest BCUT2D eigenvalue weighted by Gasteiger charge is 2.51. The van der Waals surface area contributed by atoms with Crippen LogP contribution in [0, 0.1) is 21.3 Å². The zero-order valence-corrected chi connectivity index (χ0v) is 24.6. The van der Waals surface area contributed by atoms with E-state index in [2.05, 4.69) is 40.0 Å². The predicted molar refractivity (Wildman–Crippen MR) is 157 cm³/mol. The van der Waals surface area contributed by atoms with Crippen molar-refractivity contribution in [2.24, 2.45) is 17.8 Å². The average molecular weight is 641 g/mol. The van der Waals surface area contributed by atoms with Gasteiger partial charge in [0.25, 0.3) is 11.8 Å². The molecule has 7 nitrogen and oxygen atoms in total. The Hall–Kier alpha value is -2.88. The Morgan fingerprint density at radius 1 is 1.00 bits per heavy atom. The number of amides is 4. The quantitative estimate of drug-likeness (QED) is 0.230. The molecule has 0 atom stereocenters. The molecule has 4 aliphatic carbocycles. The molecule has 1 saturated heterocycles. The highest BCUT2D eigenvalue weighted by atomic mass is 127. The summed E-state index contributed by atoms with van der Waals surface area (Å²) in [5.41, 5.74) is 2.47. The molecule has 4 saturated carbocycles. The number of hydrogen-bond donors (Lipinski definition) is 1. The summed E-state index contributed by atoms with van der Waals surface area (Å²) in [7, 11) is 1.54. The number of halogens is 1. The molecule has 2 aromatic carbocycles. The van der Waals surface area contributed by atoms with E-state index in [9.17, 15) is 14.4 Å². The summed E-state index contributed by atoms with van der Waals surface area (Å²) >= 11 is 2.14. The van der Waals surface area contributed by atoms with Gasteiger partial charge in [-0.2, -0.15) is 0 Å². The van der Waals surface area contributed by atoms with E-state index in [1.54, 1.807) is 13.2 Å². The maximum atomic E-state index is 13.5. The topological polar surface area (TPSA) is 84.9 Å². The lowest BCUT2D eigenvalue weighted by molar-refractivity contribution is -0.122. The Morgan fingerprint density at radius 2 is 1.62 bits per heavy atom. The van der Waals surface area contributed by atoms with Crippen LogP contribution in [0.1, 0.15) is 63.5 Å². The molecule has 204 valence electrons. The average Bonchev–Trinajstić information content (AvgIpc) is 2.87. The number of carbonyl (C=O) groups excluding carboxylic acids is 3. The first-order chi connectivity index (χ1) is 18.7. The van der Waals surface area contributed by atoms with E-state index >= 15 is 0 Å². The van der Waals surface area contributed by atoms with E-state index < -0.39 is 17.8 Å². The number of anilines is 1. The smallest absolute Gasteiger partial charge is 0.335 e. The van der Waals surface area contributed by atoms with Gasteiger partial charge in [-0.3, -0.25) is 14.9 Å². The fraction of sp³-hybridized carbons (Fsp3) is 0.452. The molecule has 1 heterocycles. The summed E-state index contributed by atoms with van der Waals surface area (Å²) in [4.78, 5) is 40.2. The monoisotopic (exact) mass is 640 g/mol. The summed E-state index contributed by atoms with van der Waals surface area (Å²) in [6.45, 7) is 3.86. The van der Waals surface area contributed by atoms with Gasteiger partial charge in [0.05, 0.1) is 22.5 Å². The Bertz CT molecular complexity index is 1340. The molecule has 4 amide bonds. The van der Waals surface area contributed by atoms with Gasteiger partial charge in [0.1, 0.15) is 5.57 Å². The zero-order chi connectivity index (χ0) is 27.5. The number of benzene rings is 2. The minimum Gasteiger partial charge on any atom is -0.493 e. The summed E-state index contributed by atoms with van der Waals surface area (Å²) < 4.78 is 12.2. The predicted octanol–water partition coefficient (Wildman–Crippen LogP) is 6.22. The molecule has 0 radical (unpaired) electrons. The van der Waals surface area contributed by atoms with Crippen molar-refractivity contribution in [3.8, 4) is 11.5 Å². The Balaban J connectivity index is 1.28. The number of nitrogens with zero attached hydrogens (tertiary/aromatic N) is 1. The molecule has 0 aromatic heterocycles. The van der Waals surface area contributed by atoms with Gasteiger partial charge < -0.3 is 9.47 Å². The molecular weight excluding hydrogens is 607 g/mol. The minimum atomic E-state index is -0.738. The number of methoxy groups -OCH3 is 1. The second kappa shape index (κ2) is 9.94. The van der Waals surface area contributed by atoms with Crippen LogP contribution in [-0.4, -0.2) is 31.1 Å². The molecule has 0 unspecified atom stereocenters. The van der Waals surface area contributed by atoms with E-state index in [4.69, 9.17) is 9.47 Å². The SMILES string of the molecule is COc1cc(/C=C2\C(=O)NC(=O)N(c3ccc(C45CC6CC(CC(C6)C4)C5)cc3)C2=O)cc(I)c1OC(C)C. The van der Waals surface area contributed by atoms with Crippen LogP contribution < -0.4 is 19.7 Å². The largest absolute Gasteiger partial charge is 0.493 e. The van der Waals surface area contributed by atoms with Gasteiger partial charge in [0, 0.05) is 0 Å². The first-order valence-electron chi connectivity index (χ1n) is 13.7. The molecule has 4 bridgehead atoms. The van der Waals surface area contributed by atoms with Gasteiger partial charge in [-0.05, 0) is 140 Å². The normalized spacial score (nSPS) is 28.8. The van der Waals surface area contributed by atoms with Gasteiger partial charge in [-0.15, -0.1) is 0 Å². The van der Waals surface area contributed by atoms with Crippen LogP contribution in [0.2, 0.25) is 0 Å². The van der Waals surface area contributed by atoms with Crippen LogP contribution in [-0.2, 0) is 15.0 Å². The molecule has 0 spiro atoms. The maximum Gasteiger partial charge on any atom is 0.335 e. The van der Waals surface area contributed by atoms with Crippen LogP contribution in [0.4, 0.5) is 10.5 Å². The van der Waals surface area contributed by atoms with Gasteiger partial charge in [0.15, 0.2) is 11.5 Å². The lowest BCUT2D eigenvalue weighted by Crippen LogP contribution is -2.54. The number of imide groups is 2. The summed E-state index contributed by atoms with van der Waals surface area (Å²) in [6.07, 6.45) is 9.30. The van der Waals surface area contributed by atoms with Crippen LogP contribution in [0.15, 0.2) is 42.0 Å². The third-order valence-electron chi connectivity index (χ3n) is 8.79. The van der Waals surface area contributed by atoms with Gasteiger partial charge in [-0.25, -0.2) is 9.69 Å². The second-order valence-electron chi connectivity index (χ2n) is 11.9. The van der Waals surface area contributed by atoms with Gasteiger partial charge in [0.2, 0.25) is 0 Å². The number of carbonyl (C=O) groups is 3. The van der Waals surface area contributed by atoms with Crippen molar-refractivity contribution in [2.75, 3.05) is 12.0 Å². The third kappa shape index (κ3) is 4.74. The number of ether oxygens (including phenoxy) is 2. The molecule has 5 aliphatic rings. The standard InChI is InChI=1S/C31H33IN2O5/c1-17(2)39-27-25(32)12-18(13-26(27)38-3)11-24-28(35)33-30(37)34(29(24)36)23-6-4-22(5-7-23)31-14-19-8-20(15-31)10-21(9-19)16-31/h4-7,11-13,17,19-21H,8-10,14-16H2,1-3H3,(H,33,35,37)/b24-11+. The van der Waals surface area contributed by atoms with E-state index in [-0.39, 0.29) is 17.1 Å². The van der Waals surface area contributed by atoms with Gasteiger partial charge in [-0.1, -0.05) is 12.1 Å². The molecule has 1 N–H and O–H groups in total. The third-order valence-corrected chi connectivity index (χ3v) is 9.60. The van der Waals surface area contributed by atoms with E-state index in [1.165, 1.54) is 50.2 Å². The van der Waals surface area contributed by atoms with Crippen LogP contribution in [0.25, 0.3) is 6.08 Å². The molecule has 39 heavy (non-hydrogen) atoms. The van der Waals surface area contributed by atoms with Crippen LogP contribution in [0.3, 0.4) is 0 Å². The molecule has 2 aromatic rings. The lowest BCUT2D eigenvalue weighted by atomic mass is 9.48. The Kier molecular flexibility index (Phi) is 6.72. The fourth-order valence-electron chi connectivity index (χ4n) is 7.66. The lowest BCUT2D eigenvalue weighted by Gasteiger charge is -2.57. The maximum absolute atomic E-state index is 13.5. The van der Waals surface area contributed by atoms with Crippen molar-refractivity contribution >= 4 is 52.2 Å². The zero-order valence-electron chi connectivity index (χ0n) is 22.5. The summed E-state index contributed by atoms with van der Waals surface area (Å²) in [6, 6.07) is 10.7. The number of nitrogens with one attached hydrogen (secondary N) is 1. The Labute approximate surface area is 242 Å². The number of urea groups is 1. The summed E-state index contributed by atoms with van der Waals surface area (Å²) in [5.74, 6) is 2.22. The van der Waals surface area contributed by atoms with E-state index in [1.807, 2.05) is 32.0 Å². The molecule has 1 aliphatic heterocycles. The van der Waals surface area contributed by atoms with Crippen LogP contribution in [0.5, 0.6) is 11.5 Å². The Morgan fingerprint density at radius 3 is 2.18 bits per heavy atom. The van der Waals surface area contributed by atoms with Crippen molar-refractivity contribution in [2.45, 2.75) is 63.9 Å². The molecular formula is C31H33IN2O5. The second-order valence-corrected chi connectivity index (χ2v) is 13.1. The van der Waals surface area contributed by atoms with Crippen LogP contribution >= 0.6 is 22.6 Å². The van der Waals surface area contributed by atoms with E-state index in [0.29, 0.717) is 22.7 Å². The summed E-state index contributed by atoms with van der Waals surface area (Å²) in [5, 5.41) is 2.33. The van der Waals surface area contributed by atoms with Crippen molar-refractivity contribution in [3.63, 3.8) is 0 Å². The van der Waals surface area contributed by atoms with Crippen molar-refractivity contribution < 1.29 is 23.9 Å². The number of rotatable bonds is 6. The van der Waals surface area contributed by atoms with Crippen molar-refractivity contribution in [1.29, 1.82) is 0 Å². The molecule has 8 heteroatoms. The van der Waals surface area contributed by atoms with E-state index in [0.717, 1.165) is 26.2 Å². The molecule has 5 fully saturated rings. The van der Waals surface area contributed by atoms with Gasteiger partial charge >= 0.3 is 6.03 Å². The van der Waals surface area contributed by atoms with Crippen molar-refractivity contribution in [3.05, 3.63) is 56.7 Å². The number of hydrogen-bond acceptors (Lipinski definition) is 5. The first-order valence-corrected chi connectivity index (χ1v) is 14.8. The first kappa shape index (κ1) is 26.3. The highest BCUT2D eigenvalue weighted by molar-refractivity contribution is 14.1. The minimum absolute atomic E-state index is 0.0452. The number of barbiturate groups is 1. The highest BCUT2D eigenvalue weighted by Crippen LogP contribution is 2.60.